The van der Waals surface area contributed by atoms with Crippen LogP contribution in [0.4, 0.5) is 0 Å². The molecule has 0 radical (unpaired) electrons. The fourth-order valence-corrected chi connectivity index (χ4v) is 1.42. The van der Waals surface area contributed by atoms with Gasteiger partial charge in [0.05, 0.1) is 0 Å². The quantitative estimate of drug-likeness (QED) is 0.719. The van der Waals surface area contributed by atoms with Gasteiger partial charge in [-0.2, -0.15) is 0 Å². The van der Waals surface area contributed by atoms with Crippen LogP contribution < -0.4 is 5.73 Å². The third kappa shape index (κ3) is 2.60. The molecule has 0 aliphatic carbocycles. The minimum absolute atomic E-state index is 0.104. The second kappa shape index (κ2) is 4.82. The van der Waals surface area contributed by atoms with Gasteiger partial charge in [-0.15, -0.1) is 6.58 Å². The first-order chi connectivity index (χ1) is 6.65. The normalized spacial score (nSPS) is 12.4. The van der Waals surface area contributed by atoms with E-state index >= 15 is 0 Å². The smallest absolute Gasteiger partial charge is 0.120 e. The molecule has 0 bridgehead atoms. The summed E-state index contributed by atoms with van der Waals surface area (Å²) in [5, 5.41) is 9.60. The Morgan fingerprint density at radius 3 is 2.93 bits per heavy atom. The van der Waals surface area contributed by atoms with E-state index in [0.29, 0.717) is 0 Å². The lowest BCUT2D eigenvalue weighted by atomic mass is 10.00. The van der Waals surface area contributed by atoms with Crippen LogP contribution in [0.3, 0.4) is 0 Å². The predicted molar refractivity (Wildman–Crippen MR) is 59.2 cm³/mol. The van der Waals surface area contributed by atoms with Crippen LogP contribution in [-0.2, 0) is 0 Å². The van der Waals surface area contributed by atoms with Gasteiger partial charge in [-0.25, -0.2) is 0 Å². The second-order valence-corrected chi connectivity index (χ2v) is 3.53. The Hall–Kier alpha value is -1.28. The molecule has 2 nitrogen and oxygen atoms in total. The lowest BCUT2D eigenvalue weighted by Crippen LogP contribution is -2.10. The SMILES string of the molecule is C=CCC[C@H](N)c1cc(C)ccc1O. The molecule has 76 valence electrons. The number of hydrogen-bond acceptors (Lipinski definition) is 2. The maximum Gasteiger partial charge on any atom is 0.120 e. The van der Waals surface area contributed by atoms with Gasteiger partial charge in [0.1, 0.15) is 5.75 Å². The van der Waals surface area contributed by atoms with E-state index in [0.717, 1.165) is 24.0 Å². The highest BCUT2D eigenvalue weighted by Crippen LogP contribution is 2.26. The number of rotatable bonds is 4. The van der Waals surface area contributed by atoms with Crippen LogP contribution in [0.2, 0.25) is 0 Å². The molecule has 1 atom stereocenters. The number of nitrogens with two attached hydrogens (primary N) is 1. The number of aromatic hydroxyl groups is 1. The van der Waals surface area contributed by atoms with E-state index in [1.807, 2.05) is 25.1 Å². The highest BCUT2D eigenvalue weighted by Gasteiger charge is 2.09. The zero-order valence-corrected chi connectivity index (χ0v) is 8.53. The van der Waals surface area contributed by atoms with Crippen molar-refractivity contribution >= 4 is 0 Å². The van der Waals surface area contributed by atoms with Crippen molar-refractivity contribution in [3.05, 3.63) is 42.0 Å². The van der Waals surface area contributed by atoms with Crippen molar-refractivity contribution in [3.63, 3.8) is 0 Å². The molecular weight excluding hydrogens is 174 g/mol. The summed E-state index contributed by atoms with van der Waals surface area (Å²) in [6.45, 7) is 5.64. The van der Waals surface area contributed by atoms with E-state index in [1.54, 1.807) is 6.07 Å². The fourth-order valence-electron chi connectivity index (χ4n) is 1.42. The highest BCUT2D eigenvalue weighted by molar-refractivity contribution is 5.37. The Morgan fingerprint density at radius 2 is 2.29 bits per heavy atom. The Labute approximate surface area is 85.1 Å². The minimum atomic E-state index is -0.104. The molecule has 0 spiro atoms. The Kier molecular flexibility index (Phi) is 3.72. The summed E-state index contributed by atoms with van der Waals surface area (Å²) in [6, 6.07) is 5.40. The Balaban J connectivity index is 2.82. The minimum Gasteiger partial charge on any atom is -0.508 e. The molecule has 1 aromatic carbocycles. The first kappa shape index (κ1) is 10.8. The molecule has 3 N–H and O–H groups in total. The predicted octanol–water partition coefficient (Wildman–Crippen LogP) is 2.67. The lowest BCUT2D eigenvalue weighted by molar-refractivity contribution is 0.458. The summed E-state index contributed by atoms with van der Waals surface area (Å²) >= 11 is 0. The average Bonchev–Trinajstić information content (AvgIpc) is 2.18. The topological polar surface area (TPSA) is 46.2 Å². The first-order valence-electron chi connectivity index (χ1n) is 4.81. The van der Waals surface area contributed by atoms with Crippen molar-refractivity contribution in [2.75, 3.05) is 0 Å². The maximum absolute atomic E-state index is 9.60. The van der Waals surface area contributed by atoms with Gasteiger partial charge in [0.2, 0.25) is 0 Å². The van der Waals surface area contributed by atoms with E-state index in [-0.39, 0.29) is 11.8 Å². The summed E-state index contributed by atoms with van der Waals surface area (Å²) in [4.78, 5) is 0. The molecule has 0 saturated carbocycles. The Bertz CT molecular complexity index is 320. The van der Waals surface area contributed by atoms with Gasteiger partial charge in [-0.3, -0.25) is 0 Å². The molecule has 2 heteroatoms. The van der Waals surface area contributed by atoms with E-state index < -0.39 is 0 Å². The summed E-state index contributed by atoms with van der Waals surface area (Å²) in [7, 11) is 0. The van der Waals surface area contributed by atoms with Crippen LogP contribution in [0, 0.1) is 6.92 Å². The third-order valence-electron chi connectivity index (χ3n) is 2.26. The van der Waals surface area contributed by atoms with Gasteiger partial charge in [-0.05, 0) is 25.8 Å². The van der Waals surface area contributed by atoms with Crippen molar-refractivity contribution in [2.24, 2.45) is 5.73 Å². The van der Waals surface area contributed by atoms with Gasteiger partial charge < -0.3 is 10.8 Å². The van der Waals surface area contributed by atoms with Crippen LogP contribution in [0.25, 0.3) is 0 Å². The van der Waals surface area contributed by atoms with Crippen molar-refractivity contribution in [1.82, 2.24) is 0 Å². The number of phenolic OH excluding ortho intramolecular Hbond substituents is 1. The van der Waals surface area contributed by atoms with Crippen molar-refractivity contribution in [1.29, 1.82) is 0 Å². The zero-order chi connectivity index (χ0) is 10.6. The van der Waals surface area contributed by atoms with Gasteiger partial charge in [0.15, 0.2) is 0 Å². The number of hydrogen-bond donors (Lipinski definition) is 2. The van der Waals surface area contributed by atoms with Gasteiger partial charge in [0.25, 0.3) is 0 Å². The van der Waals surface area contributed by atoms with E-state index in [2.05, 4.69) is 6.58 Å². The lowest BCUT2D eigenvalue weighted by Gasteiger charge is -2.13. The summed E-state index contributed by atoms with van der Waals surface area (Å²) in [5.74, 6) is 0.284. The molecular formula is C12H17NO. The van der Waals surface area contributed by atoms with Gasteiger partial charge in [0, 0.05) is 11.6 Å². The second-order valence-electron chi connectivity index (χ2n) is 3.53. The average molecular weight is 191 g/mol. The fraction of sp³-hybridized carbons (Fsp3) is 0.333. The molecule has 14 heavy (non-hydrogen) atoms. The number of benzene rings is 1. The molecule has 1 aromatic rings. The molecule has 1 rings (SSSR count). The van der Waals surface area contributed by atoms with Crippen molar-refractivity contribution in [3.8, 4) is 5.75 Å². The summed E-state index contributed by atoms with van der Waals surface area (Å²) in [6.07, 6.45) is 3.53. The van der Waals surface area contributed by atoms with E-state index in [4.69, 9.17) is 5.73 Å². The van der Waals surface area contributed by atoms with Gasteiger partial charge >= 0.3 is 0 Å². The number of aryl methyl sites for hydroxylation is 1. The first-order valence-corrected chi connectivity index (χ1v) is 4.81. The van der Waals surface area contributed by atoms with E-state index in [1.165, 1.54) is 0 Å². The molecule has 0 aromatic heterocycles. The van der Waals surface area contributed by atoms with Crippen LogP contribution in [0.5, 0.6) is 5.75 Å². The largest absolute Gasteiger partial charge is 0.508 e. The van der Waals surface area contributed by atoms with Gasteiger partial charge in [-0.1, -0.05) is 23.8 Å². The monoisotopic (exact) mass is 191 g/mol. The standard InChI is InChI=1S/C12H17NO/c1-3-4-5-11(13)10-8-9(2)6-7-12(10)14/h3,6-8,11,14H,1,4-5,13H2,2H3/t11-/m0/s1. The number of phenols is 1. The molecule has 0 saturated heterocycles. The summed E-state index contributed by atoms with van der Waals surface area (Å²) in [5.41, 5.74) is 7.89. The molecule has 0 aliphatic heterocycles. The Morgan fingerprint density at radius 1 is 1.57 bits per heavy atom. The molecule has 0 aliphatic rings. The van der Waals surface area contributed by atoms with Crippen LogP contribution in [0.1, 0.15) is 30.0 Å². The highest BCUT2D eigenvalue weighted by atomic mass is 16.3. The van der Waals surface area contributed by atoms with Crippen molar-refractivity contribution in [2.45, 2.75) is 25.8 Å². The molecule has 0 heterocycles. The maximum atomic E-state index is 9.60. The molecule has 0 fully saturated rings. The van der Waals surface area contributed by atoms with Crippen molar-refractivity contribution < 1.29 is 5.11 Å². The van der Waals surface area contributed by atoms with Crippen LogP contribution >= 0.6 is 0 Å². The third-order valence-corrected chi connectivity index (χ3v) is 2.26. The number of allylic oxidation sites excluding steroid dienone is 1. The molecule has 0 unspecified atom stereocenters. The van der Waals surface area contributed by atoms with Crippen LogP contribution in [-0.4, -0.2) is 5.11 Å². The zero-order valence-electron chi connectivity index (χ0n) is 8.53. The van der Waals surface area contributed by atoms with E-state index in [9.17, 15) is 5.11 Å². The summed E-state index contributed by atoms with van der Waals surface area (Å²) < 4.78 is 0. The molecule has 0 amide bonds. The van der Waals surface area contributed by atoms with Crippen LogP contribution in [0.15, 0.2) is 30.9 Å².